The summed E-state index contributed by atoms with van der Waals surface area (Å²) in [6.45, 7) is 10.2. The van der Waals surface area contributed by atoms with Crippen LogP contribution in [0.2, 0.25) is 0 Å². The predicted molar refractivity (Wildman–Crippen MR) is 109 cm³/mol. The van der Waals surface area contributed by atoms with E-state index in [0.29, 0.717) is 6.04 Å². The molecule has 2 aliphatic heterocycles. The molecular formula is C22H32N4O2. The first-order valence-corrected chi connectivity index (χ1v) is 10.4. The smallest absolute Gasteiger partial charge is 0.108 e. The highest BCUT2D eigenvalue weighted by atomic mass is 16.5. The standard InChI is InChI=1S/C22H32N4O2/c1-18(2)26-17-23-14-20(26)15-24-9-8-22(27,19-6-4-3-5-7-19)21(16-24)25-10-12-28-13-11-25/h3-7,14,17-18,21,27H,8-13,15-16H2,1-2H3/t21-,22+/m1/s1. The van der Waals surface area contributed by atoms with Crippen molar-refractivity contribution in [2.24, 2.45) is 0 Å². The fourth-order valence-electron chi connectivity index (χ4n) is 4.64. The fourth-order valence-corrected chi connectivity index (χ4v) is 4.64. The van der Waals surface area contributed by atoms with Crippen LogP contribution in [0.1, 0.15) is 37.6 Å². The summed E-state index contributed by atoms with van der Waals surface area (Å²) in [5.41, 5.74) is 1.44. The molecule has 3 heterocycles. The Kier molecular flexibility index (Phi) is 5.83. The van der Waals surface area contributed by atoms with E-state index in [2.05, 4.69) is 45.3 Å². The number of piperidine rings is 1. The SMILES string of the molecule is CC(C)n1cncc1CN1CC[C@](O)(c2ccccc2)[C@H](N2CCOCC2)C1. The van der Waals surface area contributed by atoms with Crippen molar-refractivity contribution in [2.45, 2.75) is 44.5 Å². The highest BCUT2D eigenvalue weighted by Crippen LogP contribution is 2.36. The van der Waals surface area contributed by atoms with Crippen molar-refractivity contribution in [1.82, 2.24) is 19.4 Å². The quantitative estimate of drug-likeness (QED) is 0.857. The molecule has 0 unspecified atom stereocenters. The second-order valence-corrected chi connectivity index (χ2v) is 8.33. The van der Waals surface area contributed by atoms with Gasteiger partial charge in [0.2, 0.25) is 0 Å². The van der Waals surface area contributed by atoms with Crippen molar-refractivity contribution in [3.63, 3.8) is 0 Å². The van der Waals surface area contributed by atoms with Gasteiger partial charge in [0.1, 0.15) is 5.60 Å². The first-order chi connectivity index (χ1) is 13.6. The van der Waals surface area contributed by atoms with Crippen molar-refractivity contribution in [2.75, 3.05) is 39.4 Å². The molecule has 28 heavy (non-hydrogen) atoms. The van der Waals surface area contributed by atoms with Crippen LogP contribution in [0, 0.1) is 0 Å². The maximum absolute atomic E-state index is 11.8. The summed E-state index contributed by atoms with van der Waals surface area (Å²) in [6, 6.07) is 10.7. The van der Waals surface area contributed by atoms with Gasteiger partial charge in [-0.15, -0.1) is 0 Å². The van der Waals surface area contributed by atoms with Gasteiger partial charge in [-0.1, -0.05) is 30.3 Å². The molecule has 2 atom stereocenters. The van der Waals surface area contributed by atoms with E-state index < -0.39 is 5.60 Å². The van der Waals surface area contributed by atoms with Gasteiger partial charge in [-0.25, -0.2) is 4.98 Å². The monoisotopic (exact) mass is 384 g/mol. The van der Waals surface area contributed by atoms with Gasteiger partial charge in [0, 0.05) is 45.0 Å². The van der Waals surface area contributed by atoms with Crippen LogP contribution in [0.4, 0.5) is 0 Å². The third-order valence-corrected chi connectivity index (χ3v) is 6.24. The molecule has 2 aromatic rings. The van der Waals surface area contributed by atoms with Gasteiger partial charge >= 0.3 is 0 Å². The van der Waals surface area contributed by atoms with Crippen LogP contribution in [0.5, 0.6) is 0 Å². The van der Waals surface area contributed by atoms with Crippen LogP contribution in [0.25, 0.3) is 0 Å². The lowest BCUT2D eigenvalue weighted by atomic mass is 9.79. The van der Waals surface area contributed by atoms with E-state index in [9.17, 15) is 5.11 Å². The molecule has 0 aliphatic carbocycles. The van der Waals surface area contributed by atoms with E-state index in [1.165, 1.54) is 5.69 Å². The molecule has 0 amide bonds. The molecule has 2 fully saturated rings. The third-order valence-electron chi connectivity index (χ3n) is 6.24. The summed E-state index contributed by atoms with van der Waals surface area (Å²) in [4.78, 5) is 9.24. The lowest BCUT2D eigenvalue weighted by Gasteiger charge is -2.50. The van der Waals surface area contributed by atoms with E-state index in [4.69, 9.17) is 4.74 Å². The number of likely N-dealkylation sites (tertiary alicyclic amines) is 1. The average Bonchev–Trinajstić information content (AvgIpc) is 3.19. The number of hydrogen-bond acceptors (Lipinski definition) is 5. The van der Waals surface area contributed by atoms with Crippen LogP contribution < -0.4 is 0 Å². The Bertz CT molecular complexity index is 757. The molecule has 4 rings (SSSR count). The summed E-state index contributed by atoms with van der Waals surface area (Å²) < 4.78 is 7.81. The molecule has 1 N–H and O–H groups in total. The van der Waals surface area contributed by atoms with E-state index in [1.54, 1.807) is 0 Å². The summed E-state index contributed by atoms with van der Waals surface area (Å²) >= 11 is 0. The van der Waals surface area contributed by atoms with Crippen molar-refractivity contribution in [3.05, 3.63) is 54.1 Å². The lowest BCUT2D eigenvalue weighted by Crippen LogP contribution is -2.62. The number of imidazole rings is 1. The lowest BCUT2D eigenvalue weighted by molar-refractivity contribution is -0.120. The molecule has 152 valence electrons. The molecule has 2 saturated heterocycles. The number of hydrogen-bond donors (Lipinski definition) is 1. The molecule has 0 radical (unpaired) electrons. The second kappa shape index (κ2) is 8.33. The normalized spacial score (nSPS) is 27.4. The van der Waals surface area contributed by atoms with Crippen LogP contribution in [0.3, 0.4) is 0 Å². The summed E-state index contributed by atoms with van der Waals surface area (Å²) in [5.74, 6) is 0. The van der Waals surface area contributed by atoms with Gasteiger partial charge < -0.3 is 14.4 Å². The zero-order valence-electron chi connectivity index (χ0n) is 17.0. The van der Waals surface area contributed by atoms with Crippen molar-refractivity contribution in [3.8, 4) is 0 Å². The number of aromatic nitrogens is 2. The molecule has 6 heteroatoms. The molecule has 1 aromatic carbocycles. The molecule has 0 spiro atoms. The summed E-state index contributed by atoms with van der Waals surface area (Å²) in [6.07, 6.45) is 4.63. The van der Waals surface area contributed by atoms with E-state index in [1.807, 2.05) is 30.7 Å². The first kappa shape index (κ1) is 19.6. The average molecular weight is 385 g/mol. The second-order valence-electron chi connectivity index (χ2n) is 8.33. The Morgan fingerprint density at radius 2 is 1.93 bits per heavy atom. The van der Waals surface area contributed by atoms with Gasteiger partial charge in [-0.05, 0) is 25.8 Å². The Labute approximate surface area is 167 Å². The topological polar surface area (TPSA) is 53.8 Å². The summed E-state index contributed by atoms with van der Waals surface area (Å²) in [7, 11) is 0. The van der Waals surface area contributed by atoms with E-state index >= 15 is 0 Å². The van der Waals surface area contributed by atoms with Gasteiger partial charge in [-0.2, -0.15) is 0 Å². The van der Waals surface area contributed by atoms with Gasteiger partial charge in [0.25, 0.3) is 0 Å². The van der Waals surface area contributed by atoms with Crippen molar-refractivity contribution < 1.29 is 9.84 Å². The highest BCUT2D eigenvalue weighted by Gasteiger charge is 2.46. The van der Waals surface area contributed by atoms with Crippen molar-refractivity contribution in [1.29, 1.82) is 0 Å². The number of benzene rings is 1. The van der Waals surface area contributed by atoms with E-state index in [-0.39, 0.29) is 6.04 Å². The molecule has 2 aliphatic rings. The number of rotatable bonds is 5. The predicted octanol–water partition coefficient (Wildman–Crippen LogP) is 2.26. The molecule has 0 saturated carbocycles. The number of ether oxygens (including phenoxy) is 1. The number of morpholine rings is 1. The minimum absolute atomic E-state index is 0.0583. The maximum atomic E-state index is 11.8. The third kappa shape index (κ3) is 3.87. The Hall–Kier alpha value is -1.73. The van der Waals surface area contributed by atoms with Crippen LogP contribution in [0.15, 0.2) is 42.9 Å². The number of aliphatic hydroxyl groups is 1. The highest BCUT2D eigenvalue weighted by molar-refractivity contribution is 5.26. The fraction of sp³-hybridized carbons (Fsp3) is 0.591. The maximum Gasteiger partial charge on any atom is 0.108 e. The van der Waals surface area contributed by atoms with Crippen LogP contribution in [-0.4, -0.2) is 69.9 Å². The molecule has 0 bridgehead atoms. The van der Waals surface area contributed by atoms with Gasteiger partial charge in [0.05, 0.1) is 31.3 Å². The number of nitrogens with zero attached hydrogens (tertiary/aromatic N) is 4. The summed E-state index contributed by atoms with van der Waals surface area (Å²) in [5, 5.41) is 11.8. The van der Waals surface area contributed by atoms with Crippen LogP contribution >= 0.6 is 0 Å². The first-order valence-electron chi connectivity index (χ1n) is 10.4. The minimum atomic E-state index is -0.826. The molecule has 6 nitrogen and oxygen atoms in total. The Morgan fingerprint density at radius 3 is 2.64 bits per heavy atom. The zero-order valence-corrected chi connectivity index (χ0v) is 17.0. The minimum Gasteiger partial charge on any atom is -0.383 e. The molecule has 1 aromatic heterocycles. The Balaban J connectivity index is 1.57. The molecular weight excluding hydrogens is 352 g/mol. The Morgan fingerprint density at radius 1 is 1.18 bits per heavy atom. The van der Waals surface area contributed by atoms with Crippen molar-refractivity contribution >= 4 is 0 Å². The van der Waals surface area contributed by atoms with E-state index in [0.717, 1.165) is 57.9 Å². The van der Waals surface area contributed by atoms with Gasteiger partial charge in [-0.3, -0.25) is 9.80 Å². The van der Waals surface area contributed by atoms with Gasteiger partial charge in [0.15, 0.2) is 0 Å². The zero-order chi connectivity index (χ0) is 19.6. The largest absolute Gasteiger partial charge is 0.383 e. The van der Waals surface area contributed by atoms with Crippen LogP contribution in [-0.2, 0) is 16.9 Å².